The van der Waals surface area contributed by atoms with E-state index in [2.05, 4.69) is 173 Å². The molecule has 0 aliphatic carbocycles. The number of benzene rings is 3. The van der Waals surface area contributed by atoms with Crippen molar-refractivity contribution in [1.82, 2.24) is 0 Å². The Labute approximate surface area is 283 Å². The number of hydrogen-bond donors (Lipinski definition) is 1. The maximum absolute atomic E-state index is 12.1. The zero-order valence-corrected chi connectivity index (χ0v) is 33.2. The first-order valence-corrected chi connectivity index (χ1v) is 18.0. The van der Waals surface area contributed by atoms with Crippen LogP contribution in [-0.2, 0) is 37.2 Å². The van der Waals surface area contributed by atoms with Gasteiger partial charge in [-0.2, -0.15) is 0 Å². The molecule has 0 saturated heterocycles. The van der Waals surface area contributed by atoms with Crippen molar-refractivity contribution < 1.29 is 13.9 Å². The van der Waals surface area contributed by atoms with Gasteiger partial charge in [0.15, 0.2) is 0 Å². The molecular formula is C42H63O3P. The highest BCUT2D eigenvalue weighted by molar-refractivity contribution is 7.41. The number of aryl methyl sites for hydroxylation is 2. The zero-order chi connectivity index (χ0) is 35.4. The third kappa shape index (κ3) is 8.44. The Hall–Kier alpha value is -2.19. The van der Waals surface area contributed by atoms with E-state index >= 15 is 0 Å². The van der Waals surface area contributed by atoms with Gasteiger partial charge < -0.3 is 9.42 Å². The normalized spacial score (nSPS) is 14.4. The van der Waals surface area contributed by atoms with Crippen molar-refractivity contribution >= 4 is 8.60 Å². The quantitative estimate of drug-likeness (QED) is 0.271. The van der Waals surface area contributed by atoms with Crippen molar-refractivity contribution in [2.45, 2.75) is 157 Å². The fraction of sp³-hybridized carbons (Fsp3) is 0.571. The summed E-state index contributed by atoms with van der Waals surface area (Å²) in [5.74, 6) is 0.726. The van der Waals surface area contributed by atoms with E-state index in [-0.39, 0.29) is 27.1 Å². The van der Waals surface area contributed by atoms with Crippen molar-refractivity contribution in [2.24, 2.45) is 0 Å². The molecule has 254 valence electrons. The molecule has 1 atom stereocenters. The highest BCUT2D eigenvalue weighted by Gasteiger charge is 2.42. The largest absolute Gasteiger partial charge is 0.426 e. The van der Waals surface area contributed by atoms with Gasteiger partial charge in [0.2, 0.25) is 0 Å². The van der Waals surface area contributed by atoms with E-state index in [0.717, 1.165) is 28.0 Å². The Morgan fingerprint density at radius 2 is 0.804 bits per heavy atom. The lowest BCUT2D eigenvalue weighted by molar-refractivity contribution is 0.108. The van der Waals surface area contributed by atoms with Gasteiger partial charge in [-0.25, -0.2) is 0 Å². The summed E-state index contributed by atoms with van der Waals surface area (Å²) in [7, 11) is -2.37. The third-order valence-corrected chi connectivity index (χ3v) is 9.86. The van der Waals surface area contributed by atoms with Gasteiger partial charge in [0, 0.05) is 11.1 Å². The minimum Gasteiger partial charge on any atom is -0.426 e. The highest BCUT2D eigenvalue weighted by atomic mass is 31.2. The maximum Gasteiger partial charge on any atom is 0.395 e. The van der Waals surface area contributed by atoms with E-state index in [4.69, 9.17) is 9.05 Å². The van der Waals surface area contributed by atoms with E-state index in [1.807, 2.05) is 0 Å². The van der Waals surface area contributed by atoms with Crippen molar-refractivity contribution in [1.29, 1.82) is 0 Å². The van der Waals surface area contributed by atoms with Crippen LogP contribution in [0.15, 0.2) is 48.5 Å². The van der Waals surface area contributed by atoms with Gasteiger partial charge >= 0.3 is 8.60 Å². The summed E-state index contributed by atoms with van der Waals surface area (Å²) in [6, 6.07) is 17.7. The Morgan fingerprint density at radius 1 is 0.457 bits per heavy atom. The molecule has 46 heavy (non-hydrogen) atoms. The summed E-state index contributed by atoms with van der Waals surface area (Å²) in [5.41, 5.74) is 8.49. The van der Waals surface area contributed by atoms with Gasteiger partial charge in [-0.15, -0.1) is 0 Å². The zero-order valence-electron chi connectivity index (χ0n) is 32.3. The van der Waals surface area contributed by atoms with Crippen LogP contribution < -0.4 is 4.52 Å². The van der Waals surface area contributed by atoms with E-state index in [1.54, 1.807) is 0 Å². The first kappa shape index (κ1) is 38.3. The molecule has 0 aromatic heterocycles. The van der Waals surface area contributed by atoms with Crippen LogP contribution >= 0.6 is 8.60 Å². The predicted octanol–water partition coefficient (Wildman–Crippen LogP) is 12.4. The lowest BCUT2D eigenvalue weighted by Gasteiger charge is -2.40. The Balaban J connectivity index is 2.35. The molecule has 1 N–H and O–H groups in total. The molecule has 0 bridgehead atoms. The predicted molar refractivity (Wildman–Crippen MR) is 200 cm³/mol. The minimum absolute atomic E-state index is 0.0405. The summed E-state index contributed by atoms with van der Waals surface area (Å²) in [4.78, 5) is 12.1. The van der Waals surface area contributed by atoms with Crippen molar-refractivity contribution in [2.75, 3.05) is 0 Å². The van der Waals surface area contributed by atoms with Crippen LogP contribution in [-0.4, -0.2) is 4.89 Å². The second-order valence-electron chi connectivity index (χ2n) is 18.7. The van der Waals surface area contributed by atoms with Crippen LogP contribution in [0.1, 0.15) is 161 Å². The van der Waals surface area contributed by atoms with Crippen LogP contribution in [0.2, 0.25) is 0 Å². The van der Waals surface area contributed by atoms with Crippen molar-refractivity contribution in [3.63, 3.8) is 0 Å². The van der Waals surface area contributed by atoms with E-state index < -0.39 is 14.2 Å². The summed E-state index contributed by atoms with van der Waals surface area (Å²) in [5, 5.41) is 0. The molecule has 3 aromatic carbocycles. The molecule has 3 nitrogen and oxygen atoms in total. The topological polar surface area (TPSA) is 38.7 Å². The highest BCUT2D eigenvalue weighted by Crippen LogP contribution is 2.54. The van der Waals surface area contributed by atoms with Gasteiger partial charge in [-0.1, -0.05) is 164 Å². The fourth-order valence-electron chi connectivity index (χ4n) is 6.16. The monoisotopic (exact) mass is 646 g/mol. The first-order valence-electron chi connectivity index (χ1n) is 16.9. The van der Waals surface area contributed by atoms with Crippen LogP contribution in [0.25, 0.3) is 0 Å². The fourth-order valence-corrected chi connectivity index (χ4v) is 7.06. The second kappa shape index (κ2) is 12.7. The van der Waals surface area contributed by atoms with Crippen LogP contribution in [0.3, 0.4) is 0 Å². The van der Waals surface area contributed by atoms with Crippen molar-refractivity contribution in [3.8, 4) is 5.75 Å². The Bertz CT molecular complexity index is 1450. The standard InChI is InChI=1S/C42H63O3P/c1-27-19-21-30(32(23-27)38(6,7)8)42(18,31-22-20-28(2)24-33(31)39(9,10)11)45-46(43)44-36-34(40(12,13)14)25-29(37(3,4)5)26-35(36)41(15,16)17/h19-26,43H,1-18H3. The van der Waals surface area contributed by atoms with Gasteiger partial charge in [0.25, 0.3) is 0 Å². The Morgan fingerprint density at radius 3 is 1.11 bits per heavy atom. The lowest BCUT2D eigenvalue weighted by Crippen LogP contribution is -2.33. The summed E-state index contributed by atoms with van der Waals surface area (Å²) in [6.45, 7) is 39.8. The summed E-state index contributed by atoms with van der Waals surface area (Å²) >= 11 is 0. The SMILES string of the molecule is Cc1ccc(C(C)(OP(O)Oc2c(C(C)(C)C)cc(C(C)(C)C)cc2C(C)(C)C)c2ccc(C)cc2C(C)(C)C)c(C(C)(C)C)c1. The average Bonchev–Trinajstić information content (AvgIpc) is 2.85. The first-order chi connectivity index (χ1) is 20.6. The van der Waals surface area contributed by atoms with Gasteiger partial charge in [0.05, 0.1) is 0 Å². The Kier molecular flexibility index (Phi) is 10.6. The molecular weight excluding hydrogens is 583 g/mol. The van der Waals surface area contributed by atoms with Crippen molar-refractivity contribution in [3.05, 3.63) is 98.6 Å². The smallest absolute Gasteiger partial charge is 0.395 e. The molecule has 0 spiro atoms. The average molecular weight is 647 g/mol. The molecule has 0 aliphatic heterocycles. The molecule has 3 rings (SSSR count). The minimum atomic E-state index is -2.37. The molecule has 0 fully saturated rings. The van der Waals surface area contributed by atoms with Crippen LogP contribution in [0.4, 0.5) is 0 Å². The molecule has 0 saturated carbocycles. The van der Waals surface area contributed by atoms with E-state index in [0.29, 0.717) is 0 Å². The third-order valence-electron chi connectivity index (χ3n) is 9.00. The molecule has 0 radical (unpaired) electrons. The van der Waals surface area contributed by atoms with Gasteiger partial charge in [-0.3, -0.25) is 4.52 Å². The number of rotatable bonds is 6. The molecule has 1 unspecified atom stereocenters. The van der Waals surface area contributed by atoms with E-state index in [1.165, 1.54) is 27.8 Å². The summed E-state index contributed by atoms with van der Waals surface area (Å²) in [6.07, 6.45) is 0. The molecule has 4 heteroatoms. The van der Waals surface area contributed by atoms with Gasteiger partial charge in [-0.05, 0) is 75.7 Å². The maximum atomic E-state index is 12.1. The van der Waals surface area contributed by atoms with E-state index in [9.17, 15) is 4.89 Å². The molecule has 3 aromatic rings. The number of hydrogen-bond acceptors (Lipinski definition) is 3. The second-order valence-corrected chi connectivity index (χ2v) is 19.5. The van der Waals surface area contributed by atoms with Gasteiger partial charge in [0.1, 0.15) is 11.4 Å². The molecule has 0 aliphatic rings. The van der Waals surface area contributed by atoms with Crippen LogP contribution in [0.5, 0.6) is 5.75 Å². The lowest BCUT2D eigenvalue weighted by atomic mass is 9.72. The van der Waals surface area contributed by atoms with Crippen LogP contribution in [0, 0.1) is 13.8 Å². The summed E-state index contributed by atoms with van der Waals surface area (Å²) < 4.78 is 13.7. The molecule has 0 heterocycles. The molecule has 0 amide bonds.